The van der Waals surface area contributed by atoms with Gasteiger partial charge in [-0.3, -0.25) is 9.36 Å². The van der Waals surface area contributed by atoms with E-state index in [1.165, 1.54) is 15.8 Å². The highest BCUT2D eigenvalue weighted by molar-refractivity contribution is 7.19. The standard InChI is InChI=1S/C23H21F2N5O4S/c1-33-15-4-2-13(3-5-15)8-29-21-17(19-26-12-27-30(19)22(29)32)18-16(35-21)9-28(11-23(18,24)25)20(31)14-6-7-34-10-14/h2-5,12,14H,6-11H2,1H3. The number of fused-ring (bicyclic) bond motifs is 5. The fraction of sp³-hybridized carbons (Fsp3) is 0.391. The normalized spacial score (nSPS) is 19.4. The molecular formula is C23H21F2N5O4S. The summed E-state index contributed by atoms with van der Waals surface area (Å²) in [7, 11) is 1.56. The first-order valence-electron chi connectivity index (χ1n) is 11.1. The number of aromatic nitrogens is 4. The highest BCUT2D eigenvalue weighted by Crippen LogP contribution is 2.46. The van der Waals surface area contributed by atoms with Crippen LogP contribution in [0, 0.1) is 5.92 Å². The molecule has 1 unspecified atom stereocenters. The molecule has 35 heavy (non-hydrogen) atoms. The smallest absolute Gasteiger partial charge is 0.352 e. The van der Waals surface area contributed by atoms with Crippen LogP contribution >= 0.6 is 11.3 Å². The number of carbonyl (C=O) groups is 1. The molecule has 3 aromatic heterocycles. The number of benzene rings is 1. The number of carbonyl (C=O) groups excluding carboxylic acids is 1. The van der Waals surface area contributed by atoms with Gasteiger partial charge in [0.15, 0.2) is 5.65 Å². The maximum atomic E-state index is 15.7. The maximum Gasteiger partial charge on any atom is 0.352 e. The van der Waals surface area contributed by atoms with Gasteiger partial charge in [0.25, 0.3) is 5.92 Å². The molecule has 0 aliphatic carbocycles. The predicted octanol–water partition coefficient (Wildman–Crippen LogP) is 2.63. The summed E-state index contributed by atoms with van der Waals surface area (Å²) in [5.74, 6) is -3.37. The van der Waals surface area contributed by atoms with Crippen molar-refractivity contribution in [2.45, 2.75) is 25.4 Å². The molecular weight excluding hydrogens is 480 g/mol. The van der Waals surface area contributed by atoms with Crippen molar-refractivity contribution in [3.8, 4) is 5.75 Å². The highest BCUT2D eigenvalue weighted by atomic mass is 32.1. The van der Waals surface area contributed by atoms with Crippen LogP contribution in [0.25, 0.3) is 15.9 Å². The van der Waals surface area contributed by atoms with Crippen LogP contribution in [0.15, 0.2) is 35.4 Å². The minimum atomic E-state index is -3.31. The average molecular weight is 502 g/mol. The number of hydrogen-bond acceptors (Lipinski definition) is 7. The van der Waals surface area contributed by atoms with E-state index in [0.717, 1.165) is 21.4 Å². The van der Waals surface area contributed by atoms with E-state index < -0.39 is 24.1 Å². The van der Waals surface area contributed by atoms with Crippen molar-refractivity contribution < 1.29 is 23.0 Å². The van der Waals surface area contributed by atoms with E-state index in [4.69, 9.17) is 9.47 Å². The van der Waals surface area contributed by atoms with E-state index in [1.54, 1.807) is 19.2 Å². The maximum absolute atomic E-state index is 15.7. The number of nitrogens with zero attached hydrogens (tertiary/aromatic N) is 5. The van der Waals surface area contributed by atoms with Gasteiger partial charge in [-0.2, -0.15) is 18.4 Å². The molecule has 0 saturated carbocycles. The zero-order chi connectivity index (χ0) is 24.3. The van der Waals surface area contributed by atoms with Gasteiger partial charge in [-0.05, 0) is 24.1 Å². The van der Waals surface area contributed by atoms with Gasteiger partial charge < -0.3 is 14.4 Å². The van der Waals surface area contributed by atoms with Crippen molar-refractivity contribution >= 4 is 33.1 Å². The first-order chi connectivity index (χ1) is 16.9. The molecule has 1 aromatic carbocycles. The van der Waals surface area contributed by atoms with Crippen LogP contribution in [0.1, 0.15) is 22.4 Å². The Kier molecular flexibility index (Phi) is 5.11. The fourth-order valence-electron chi connectivity index (χ4n) is 4.86. The molecule has 12 heteroatoms. The van der Waals surface area contributed by atoms with Crippen LogP contribution in [0.5, 0.6) is 5.75 Å². The molecule has 1 fully saturated rings. The first kappa shape index (κ1) is 22.1. The van der Waals surface area contributed by atoms with Crippen LogP contribution in [0.2, 0.25) is 0 Å². The lowest BCUT2D eigenvalue weighted by Gasteiger charge is -2.34. The Morgan fingerprint density at radius 3 is 2.83 bits per heavy atom. The van der Waals surface area contributed by atoms with Crippen molar-refractivity contribution in [1.29, 1.82) is 0 Å². The number of methoxy groups -OCH3 is 1. The molecule has 0 spiro atoms. The highest BCUT2D eigenvalue weighted by Gasteiger charge is 2.47. The summed E-state index contributed by atoms with van der Waals surface area (Å²) in [4.78, 5) is 32.3. The van der Waals surface area contributed by atoms with Crippen molar-refractivity contribution in [3.05, 3.63) is 57.1 Å². The Hall–Kier alpha value is -3.38. The van der Waals surface area contributed by atoms with Crippen molar-refractivity contribution in [3.63, 3.8) is 0 Å². The van der Waals surface area contributed by atoms with Gasteiger partial charge in [0, 0.05) is 11.5 Å². The van der Waals surface area contributed by atoms with E-state index in [9.17, 15) is 9.59 Å². The zero-order valence-electron chi connectivity index (χ0n) is 18.7. The summed E-state index contributed by atoms with van der Waals surface area (Å²) < 4.78 is 44.3. The molecule has 4 aromatic rings. The van der Waals surface area contributed by atoms with Crippen LogP contribution in [-0.4, -0.2) is 56.8 Å². The van der Waals surface area contributed by atoms with Crippen molar-refractivity contribution in [1.82, 2.24) is 24.1 Å². The molecule has 0 radical (unpaired) electrons. The molecule has 6 rings (SSSR count). The van der Waals surface area contributed by atoms with E-state index >= 15 is 8.78 Å². The van der Waals surface area contributed by atoms with Crippen molar-refractivity contribution in [2.75, 3.05) is 26.9 Å². The molecule has 1 saturated heterocycles. The van der Waals surface area contributed by atoms with Crippen LogP contribution in [0.4, 0.5) is 8.78 Å². The van der Waals surface area contributed by atoms with E-state index in [0.29, 0.717) is 28.5 Å². The van der Waals surface area contributed by atoms with Crippen LogP contribution in [0.3, 0.4) is 0 Å². The van der Waals surface area contributed by atoms with Gasteiger partial charge in [-0.15, -0.1) is 11.3 Å². The number of thiophene rings is 1. The monoisotopic (exact) mass is 501 g/mol. The Labute approximate surface area is 201 Å². The topological polar surface area (TPSA) is 91.0 Å². The molecule has 0 N–H and O–H groups in total. The van der Waals surface area contributed by atoms with Crippen molar-refractivity contribution in [2.24, 2.45) is 5.92 Å². The zero-order valence-corrected chi connectivity index (χ0v) is 19.6. The van der Waals surface area contributed by atoms with E-state index in [1.807, 2.05) is 12.1 Å². The molecule has 2 aliphatic heterocycles. The molecule has 1 amide bonds. The number of hydrogen-bond donors (Lipinski definition) is 0. The second-order valence-electron chi connectivity index (χ2n) is 8.75. The van der Waals surface area contributed by atoms with Gasteiger partial charge >= 0.3 is 5.69 Å². The number of amides is 1. The Balaban J connectivity index is 1.51. The minimum Gasteiger partial charge on any atom is -0.497 e. The lowest BCUT2D eigenvalue weighted by Crippen LogP contribution is -2.45. The second kappa shape index (κ2) is 8.09. The largest absolute Gasteiger partial charge is 0.497 e. The summed E-state index contributed by atoms with van der Waals surface area (Å²) in [6.07, 6.45) is 1.72. The van der Waals surface area contributed by atoms with Gasteiger partial charge in [-0.25, -0.2) is 9.78 Å². The first-order valence-corrected chi connectivity index (χ1v) is 11.9. The molecule has 0 bridgehead atoms. The van der Waals surface area contributed by atoms with Crippen LogP contribution in [-0.2, 0) is 28.5 Å². The summed E-state index contributed by atoms with van der Waals surface area (Å²) in [6.45, 7) is 0.192. The fourth-order valence-corrected chi connectivity index (χ4v) is 6.21. The predicted molar refractivity (Wildman–Crippen MR) is 123 cm³/mol. The third-order valence-corrected chi connectivity index (χ3v) is 7.77. The minimum absolute atomic E-state index is 0.0522. The molecule has 5 heterocycles. The number of rotatable bonds is 4. The van der Waals surface area contributed by atoms with Gasteiger partial charge in [-0.1, -0.05) is 12.1 Å². The quantitative estimate of drug-likeness (QED) is 0.427. The SMILES string of the molecule is COc1ccc(Cn2c(=O)n3ncnc3c3c4c(sc32)CN(C(=O)C2CCOC2)CC4(F)F)cc1. The number of alkyl halides is 2. The number of ether oxygens (including phenoxy) is 2. The molecule has 2 aliphatic rings. The van der Waals surface area contributed by atoms with Crippen LogP contribution < -0.4 is 10.4 Å². The third-order valence-electron chi connectivity index (χ3n) is 6.57. The second-order valence-corrected chi connectivity index (χ2v) is 9.84. The third kappa shape index (κ3) is 3.50. The lowest BCUT2D eigenvalue weighted by molar-refractivity contribution is -0.144. The summed E-state index contributed by atoms with van der Waals surface area (Å²) in [5, 5.41) is 4.21. The molecule has 1 atom stereocenters. The average Bonchev–Trinajstić information content (AvgIpc) is 3.60. The number of halogens is 2. The molecule has 182 valence electrons. The molecule has 9 nitrogen and oxygen atoms in total. The summed E-state index contributed by atoms with van der Waals surface area (Å²) >= 11 is 1.10. The van der Waals surface area contributed by atoms with Gasteiger partial charge in [0.05, 0.1) is 50.2 Å². The van der Waals surface area contributed by atoms with Gasteiger partial charge in [0.2, 0.25) is 5.91 Å². The Morgan fingerprint density at radius 1 is 1.31 bits per heavy atom. The van der Waals surface area contributed by atoms with E-state index in [2.05, 4.69) is 10.1 Å². The van der Waals surface area contributed by atoms with Gasteiger partial charge in [0.1, 0.15) is 16.9 Å². The Bertz CT molecular complexity index is 1500. The summed E-state index contributed by atoms with van der Waals surface area (Å²) in [5.41, 5.74) is 0.242. The lowest BCUT2D eigenvalue weighted by atomic mass is 9.99. The Morgan fingerprint density at radius 2 is 2.11 bits per heavy atom. The summed E-state index contributed by atoms with van der Waals surface area (Å²) in [6, 6.07) is 7.18. The van der Waals surface area contributed by atoms with E-state index in [-0.39, 0.29) is 42.2 Å².